The number of rotatable bonds is 12. The fourth-order valence-corrected chi connectivity index (χ4v) is 8.04. The molecule has 3 aliphatic rings. The summed E-state index contributed by atoms with van der Waals surface area (Å²) in [5, 5.41) is 3.86. The molecular weight excluding hydrogens is 482 g/mol. The first-order valence-electron chi connectivity index (χ1n) is 16.6. The zero-order valence-electron chi connectivity index (χ0n) is 26.1. The molecule has 1 aromatic carbocycles. The fourth-order valence-electron chi connectivity index (χ4n) is 8.04. The standard InChI is InChI=1S/C39H55N/c1-7-11-17-30(15-8-2)39-27-31(19-14-25-40-39)32-22-24-37(38(26-32)28(5)6)35(16-9-3)33(10-4)36-23-21-29-18-12-13-20-34(29)36/h3,12-13,16,18-20,23,27-28,30,32-33,37-38,40H,7-8,10-11,14-15,17,21-22,24-26H2,1-2,4-6H3/b35-16-. The number of nitrogens with one attached hydrogen (secondary N) is 1. The second-order valence-electron chi connectivity index (χ2n) is 13.0. The van der Waals surface area contributed by atoms with Gasteiger partial charge in [-0.3, -0.25) is 0 Å². The van der Waals surface area contributed by atoms with Crippen molar-refractivity contribution in [2.24, 2.45) is 35.5 Å². The van der Waals surface area contributed by atoms with E-state index in [0.717, 1.165) is 25.8 Å². The molecule has 0 saturated heterocycles. The fraction of sp³-hybridized carbons (Fsp3) is 0.590. The van der Waals surface area contributed by atoms with E-state index in [9.17, 15) is 0 Å². The predicted octanol–water partition coefficient (Wildman–Crippen LogP) is 10.3. The lowest BCUT2D eigenvalue weighted by Gasteiger charge is -2.42. The molecule has 40 heavy (non-hydrogen) atoms. The largest absolute Gasteiger partial charge is 0.388 e. The number of hydrogen-bond acceptors (Lipinski definition) is 1. The van der Waals surface area contributed by atoms with Crippen LogP contribution < -0.4 is 5.32 Å². The first kappa shape index (κ1) is 30.5. The highest BCUT2D eigenvalue weighted by Crippen LogP contribution is 2.50. The normalized spacial score (nSPS) is 24.7. The summed E-state index contributed by atoms with van der Waals surface area (Å²) in [6.07, 6.45) is 29.4. The summed E-state index contributed by atoms with van der Waals surface area (Å²) in [6, 6.07) is 8.99. The Kier molecular flexibility index (Phi) is 11.4. The quantitative estimate of drug-likeness (QED) is 0.261. The van der Waals surface area contributed by atoms with Gasteiger partial charge in [0.25, 0.3) is 0 Å². The third kappa shape index (κ3) is 7.05. The molecule has 5 atom stereocenters. The van der Waals surface area contributed by atoms with E-state index in [0.29, 0.717) is 35.5 Å². The van der Waals surface area contributed by atoms with Crippen LogP contribution in [0.15, 0.2) is 65.4 Å². The predicted molar refractivity (Wildman–Crippen MR) is 175 cm³/mol. The van der Waals surface area contributed by atoms with Gasteiger partial charge in [-0.1, -0.05) is 102 Å². The summed E-state index contributed by atoms with van der Waals surface area (Å²) in [7, 11) is 0. The third-order valence-corrected chi connectivity index (χ3v) is 10.1. The first-order chi connectivity index (χ1) is 19.5. The smallest absolute Gasteiger partial charge is 0.0178 e. The number of hydrogen-bond donors (Lipinski definition) is 1. The van der Waals surface area contributed by atoms with Crippen molar-refractivity contribution in [3.8, 4) is 12.3 Å². The van der Waals surface area contributed by atoms with E-state index in [-0.39, 0.29) is 0 Å². The molecule has 1 aliphatic heterocycles. The van der Waals surface area contributed by atoms with Gasteiger partial charge in [-0.05, 0) is 115 Å². The maximum atomic E-state index is 6.04. The Labute approximate surface area is 246 Å². The molecule has 216 valence electrons. The number of terminal acetylenes is 1. The van der Waals surface area contributed by atoms with Crippen LogP contribution in [0.4, 0.5) is 0 Å². The number of benzene rings is 1. The molecule has 1 heterocycles. The van der Waals surface area contributed by atoms with Gasteiger partial charge in [0.2, 0.25) is 0 Å². The Morgan fingerprint density at radius 3 is 2.62 bits per heavy atom. The van der Waals surface area contributed by atoms with Crippen LogP contribution in [0.3, 0.4) is 0 Å². The maximum Gasteiger partial charge on any atom is 0.0178 e. The van der Waals surface area contributed by atoms with Gasteiger partial charge in [0.15, 0.2) is 0 Å². The van der Waals surface area contributed by atoms with Crippen molar-refractivity contribution < 1.29 is 0 Å². The molecule has 0 spiro atoms. The molecule has 5 unspecified atom stereocenters. The molecule has 0 radical (unpaired) electrons. The monoisotopic (exact) mass is 537 g/mol. The van der Waals surface area contributed by atoms with Gasteiger partial charge >= 0.3 is 0 Å². The molecule has 0 bridgehead atoms. The van der Waals surface area contributed by atoms with Crippen LogP contribution in [-0.4, -0.2) is 6.54 Å². The Morgan fingerprint density at radius 2 is 1.90 bits per heavy atom. The number of unbranched alkanes of at least 4 members (excludes halogenated alkanes) is 1. The van der Waals surface area contributed by atoms with Crippen molar-refractivity contribution in [2.45, 2.75) is 105 Å². The van der Waals surface area contributed by atoms with Crippen molar-refractivity contribution in [1.82, 2.24) is 5.32 Å². The average Bonchev–Trinajstić information content (AvgIpc) is 3.23. The van der Waals surface area contributed by atoms with Crippen molar-refractivity contribution in [3.63, 3.8) is 0 Å². The van der Waals surface area contributed by atoms with Crippen molar-refractivity contribution >= 4 is 5.57 Å². The Bertz CT molecular complexity index is 1140. The van der Waals surface area contributed by atoms with Gasteiger partial charge in [-0.2, -0.15) is 0 Å². The van der Waals surface area contributed by atoms with Crippen LogP contribution in [0.1, 0.15) is 110 Å². The van der Waals surface area contributed by atoms with Gasteiger partial charge in [0, 0.05) is 18.2 Å². The van der Waals surface area contributed by atoms with Crippen LogP contribution in [0.5, 0.6) is 0 Å². The summed E-state index contributed by atoms with van der Waals surface area (Å²) in [5.74, 6) is 6.62. The van der Waals surface area contributed by atoms with Gasteiger partial charge in [-0.25, -0.2) is 0 Å². The lowest BCUT2D eigenvalue weighted by atomic mass is 9.62. The van der Waals surface area contributed by atoms with Crippen LogP contribution >= 0.6 is 0 Å². The van der Waals surface area contributed by atoms with E-state index in [2.05, 4.69) is 94.4 Å². The van der Waals surface area contributed by atoms with Crippen molar-refractivity contribution in [1.29, 1.82) is 0 Å². The lowest BCUT2D eigenvalue weighted by molar-refractivity contribution is 0.168. The number of allylic oxidation sites excluding steroid dienone is 7. The maximum absolute atomic E-state index is 6.04. The molecule has 1 nitrogen and oxygen atoms in total. The van der Waals surface area contributed by atoms with Gasteiger partial charge in [-0.15, -0.1) is 6.42 Å². The zero-order chi connectivity index (χ0) is 28.5. The van der Waals surface area contributed by atoms with E-state index in [1.807, 2.05) is 0 Å². The van der Waals surface area contributed by atoms with Gasteiger partial charge in [0.1, 0.15) is 0 Å². The van der Waals surface area contributed by atoms with E-state index >= 15 is 0 Å². The molecule has 0 amide bonds. The highest BCUT2D eigenvalue weighted by molar-refractivity contribution is 5.76. The van der Waals surface area contributed by atoms with E-state index < -0.39 is 0 Å². The minimum Gasteiger partial charge on any atom is -0.388 e. The first-order valence-corrected chi connectivity index (χ1v) is 16.6. The summed E-state index contributed by atoms with van der Waals surface area (Å²) < 4.78 is 0. The molecule has 1 aromatic rings. The average molecular weight is 538 g/mol. The highest BCUT2D eigenvalue weighted by Gasteiger charge is 2.38. The van der Waals surface area contributed by atoms with Crippen LogP contribution in [0.2, 0.25) is 0 Å². The van der Waals surface area contributed by atoms with E-state index in [1.54, 1.807) is 5.57 Å². The van der Waals surface area contributed by atoms with Crippen molar-refractivity contribution in [3.05, 3.63) is 76.5 Å². The summed E-state index contributed by atoms with van der Waals surface area (Å²) in [5.41, 5.74) is 9.10. The molecule has 1 heteroatoms. The van der Waals surface area contributed by atoms with E-state index in [4.69, 9.17) is 6.42 Å². The van der Waals surface area contributed by atoms with Crippen LogP contribution in [0, 0.1) is 47.9 Å². The Morgan fingerprint density at radius 1 is 1.07 bits per heavy atom. The third-order valence-electron chi connectivity index (χ3n) is 10.1. The highest BCUT2D eigenvalue weighted by atomic mass is 14.9. The molecule has 4 rings (SSSR count). The molecule has 0 aromatic heterocycles. The minimum atomic E-state index is 0.420. The molecule has 2 aliphatic carbocycles. The lowest BCUT2D eigenvalue weighted by Crippen LogP contribution is -2.32. The van der Waals surface area contributed by atoms with Crippen LogP contribution in [0.25, 0.3) is 5.57 Å². The summed E-state index contributed by atoms with van der Waals surface area (Å²) >= 11 is 0. The molecule has 1 saturated carbocycles. The molecular formula is C39H55N. The zero-order valence-corrected chi connectivity index (χ0v) is 26.1. The Balaban J connectivity index is 1.58. The second-order valence-corrected chi connectivity index (χ2v) is 13.0. The van der Waals surface area contributed by atoms with Crippen LogP contribution in [-0.2, 0) is 6.42 Å². The summed E-state index contributed by atoms with van der Waals surface area (Å²) in [6.45, 7) is 13.0. The van der Waals surface area contributed by atoms with Gasteiger partial charge in [0.05, 0.1) is 0 Å². The Hall–Kier alpha value is -2.46. The van der Waals surface area contributed by atoms with E-state index in [1.165, 1.54) is 79.3 Å². The second kappa shape index (κ2) is 15.0. The topological polar surface area (TPSA) is 12.0 Å². The molecule has 1 N–H and O–H groups in total. The van der Waals surface area contributed by atoms with Gasteiger partial charge < -0.3 is 5.32 Å². The molecule has 1 fully saturated rings. The minimum absolute atomic E-state index is 0.420. The SMILES string of the molecule is C#C/C=C(/C(CC)C1=CCc2ccccc21)C1CCC(C2=CCCNC(C(CCC)CCCC)=C2)CC1C(C)C. The number of fused-ring (bicyclic) bond motifs is 1. The summed E-state index contributed by atoms with van der Waals surface area (Å²) in [4.78, 5) is 0. The van der Waals surface area contributed by atoms with Crippen molar-refractivity contribution in [2.75, 3.05) is 6.54 Å².